The number of benzene rings is 4. The average molecular weight is 622 g/mol. The van der Waals surface area contributed by atoms with Gasteiger partial charge in [0.1, 0.15) is 9.52 Å². The molecule has 205 valence electrons. The molecule has 2 unspecified atom stereocenters. The Morgan fingerprint density at radius 2 is 1.00 bits per heavy atom. The van der Waals surface area contributed by atoms with Crippen LogP contribution < -0.4 is 10.4 Å². The second-order valence-electron chi connectivity index (χ2n) is 9.81. The van der Waals surface area contributed by atoms with Crippen LogP contribution in [0.3, 0.4) is 0 Å². The van der Waals surface area contributed by atoms with Gasteiger partial charge in [0.15, 0.2) is 0 Å². The molecular weight excluding hydrogens is 578 g/mol. The standard InChI is InChI=1S/C12H11Si.C12H10.C9H13.C4H10N.Zr/c1-3-7-11(8-4-1)13-12-9-5-2-6-10-12;1-3-7-11(8-4-1)12-9-5-2-6-10-12;1-6-5-7(2)9(4)8(6)3;1-3-4(2)5;/h1-10,13H;1-10H;6H,1-4H3;4-5H,3H2,1-2H3;/q;;2*-1;+2. The maximum absolute atomic E-state index is 6.83. The Morgan fingerprint density at radius 3 is 1.23 bits per heavy atom. The van der Waals surface area contributed by atoms with E-state index in [2.05, 4.69) is 143 Å². The Morgan fingerprint density at radius 1 is 0.675 bits per heavy atom. The van der Waals surface area contributed by atoms with Crippen LogP contribution in [-0.4, -0.2) is 15.6 Å². The van der Waals surface area contributed by atoms with Crippen molar-refractivity contribution in [2.75, 3.05) is 0 Å². The molecule has 3 heteroatoms. The number of nitrogens with one attached hydrogen (secondary N) is 1. The molecule has 0 saturated carbocycles. The van der Waals surface area contributed by atoms with Gasteiger partial charge in [-0.15, -0.1) is 13.0 Å². The van der Waals surface area contributed by atoms with Gasteiger partial charge in [-0.25, -0.2) is 5.57 Å². The fourth-order valence-electron chi connectivity index (χ4n) is 3.71. The van der Waals surface area contributed by atoms with Gasteiger partial charge >= 0.3 is 26.2 Å². The molecule has 0 amide bonds. The van der Waals surface area contributed by atoms with E-state index >= 15 is 0 Å². The smallest absolute Gasteiger partial charge is 0.675 e. The third-order valence-corrected chi connectivity index (χ3v) is 8.10. The maximum atomic E-state index is 6.83. The molecule has 4 aromatic carbocycles. The van der Waals surface area contributed by atoms with Gasteiger partial charge in [-0.2, -0.15) is 11.1 Å². The third-order valence-electron chi connectivity index (χ3n) is 6.66. The first-order chi connectivity index (χ1) is 18.8. The molecule has 1 aliphatic rings. The van der Waals surface area contributed by atoms with Crippen LogP contribution in [0.1, 0.15) is 48.0 Å². The van der Waals surface area contributed by atoms with E-state index in [1.807, 2.05) is 26.0 Å². The van der Waals surface area contributed by atoms with Gasteiger partial charge in [-0.05, 0) is 11.1 Å². The zero-order valence-corrected chi connectivity index (χ0v) is 28.6. The summed E-state index contributed by atoms with van der Waals surface area (Å²) in [5, 5.41) is 2.90. The first-order valence-electron chi connectivity index (χ1n) is 13.9. The Balaban J connectivity index is 0.000000277. The van der Waals surface area contributed by atoms with E-state index in [0.29, 0.717) is 5.92 Å². The minimum atomic E-state index is 0. The Bertz CT molecular complexity index is 1180. The van der Waals surface area contributed by atoms with Crippen LogP contribution in [-0.2, 0) is 26.2 Å². The van der Waals surface area contributed by atoms with E-state index in [1.165, 1.54) is 38.2 Å². The van der Waals surface area contributed by atoms with Gasteiger partial charge in [0.05, 0.1) is 0 Å². The fraction of sp³-hybridized carbons (Fsp3) is 0.243. The van der Waals surface area contributed by atoms with Crippen molar-refractivity contribution in [1.82, 2.24) is 0 Å². The zero-order valence-electron chi connectivity index (χ0n) is 25.0. The molecule has 1 radical (unpaired) electrons. The summed E-state index contributed by atoms with van der Waals surface area (Å²) in [4.78, 5) is 0. The summed E-state index contributed by atoms with van der Waals surface area (Å²) in [6.07, 6.45) is 4.33. The molecule has 0 saturated heterocycles. The van der Waals surface area contributed by atoms with Crippen LogP contribution in [0.25, 0.3) is 16.9 Å². The van der Waals surface area contributed by atoms with Crippen LogP contribution in [0.5, 0.6) is 0 Å². The van der Waals surface area contributed by atoms with Crippen molar-refractivity contribution in [1.29, 1.82) is 0 Å². The van der Waals surface area contributed by atoms with Crippen molar-refractivity contribution in [3.05, 3.63) is 150 Å². The fourth-order valence-corrected chi connectivity index (χ4v) is 4.93. The Hall–Kier alpha value is -2.58. The van der Waals surface area contributed by atoms with E-state index < -0.39 is 0 Å². The summed E-state index contributed by atoms with van der Waals surface area (Å²) in [5.74, 6) is 0.560. The molecule has 1 N–H and O–H groups in total. The molecule has 0 spiro atoms. The van der Waals surface area contributed by atoms with E-state index in [-0.39, 0.29) is 41.8 Å². The van der Waals surface area contributed by atoms with Gasteiger partial charge < -0.3 is 5.73 Å². The SMILES string of the molecule is CC1=[C-]C(C)C(C)=C1C.CCC(C)[NH-].[Zr+2].c1ccc(-c2ccccc2)cc1.c1ccc([SiH]c2ccccc2)cc1. The Labute approximate surface area is 265 Å². The van der Waals surface area contributed by atoms with Gasteiger partial charge in [0.25, 0.3) is 0 Å². The second-order valence-corrected chi connectivity index (χ2v) is 11.4. The van der Waals surface area contributed by atoms with Gasteiger partial charge in [-0.3, -0.25) is 6.08 Å². The van der Waals surface area contributed by atoms with Crippen LogP contribution >= 0.6 is 0 Å². The normalized spacial score (nSPS) is 14.1. The first kappa shape index (κ1) is 35.4. The molecule has 40 heavy (non-hydrogen) atoms. The predicted molar refractivity (Wildman–Crippen MR) is 175 cm³/mol. The van der Waals surface area contributed by atoms with Crippen LogP contribution in [0.4, 0.5) is 0 Å². The number of allylic oxidation sites excluding steroid dienone is 4. The van der Waals surface area contributed by atoms with Gasteiger partial charge in [-0.1, -0.05) is 179 Å². The number of rotatable bonds is 4. The summed E-state index contributed by atoms with van der Waals surface area (Å²) in [7, 11) is 0.271. The molecule has 0 heterocycles. The molecule has 5 rings (SSSR count). The van der Waals surface area contributed by atoms with Crippen LogP contribution in [0.15, 0.2) is 138 Å². The zero-order chi connectivity index (χ0) is 28.5. The van der Waals surface area contributed by atoms with Crippen molar-refractivity contribution >= 4 is 19.9 Å². The predicted octanol–water partition coefficient (Wildman–Crippen LogP) is 8.98. The van der Waals surface area contributed by atoms with Crippen molar-refractivity contribution in [2.45, 2.75) is 54.0 Å². The van der Waals surface area contributed by atoms with Crippen molar-refractivity contribution in [2.24, 2.45) is 5.92 Å². The van der Waals surface area contributed by atoms with Crippen molar-refractivity contribution in [3.8, 4) is 11.1 Å². The molecule has 0 bridgehead atoms. The first-order valence-corrected chi connectivity index (χ1v) is 15.0. The Kier molecular flexibility index (Phi) is 18.0. The van der Waals surface area contributed by atoms with Gasteiger partial charge in [0.2, 0.25) is 0 Å². The summed E-state index contributed by atoms with van der Waals surface area (Å²) in [5.41, 5.74) is 13.6. The molecule has 1 nitrogen and oxygen atoms in total. The molecule has 0 aliphatic heterocycles. The largest absolute Gasteiger partial charge is 2.00 e. The van der Waals surface area contributed by atoms with E-state index in [4.69, 9.17) is 5.73 Å². The third kappa shape index (κ3) is 13.7. The minimum Gasteiger partial charge on any atom is -0.675 e. The number of hydrogen-bond acceptors (Lipinski definition) is 0. The average Bonchev–Trinajstić information content (AvgIpc) is 3.21. The molecule has 0 aromatic heterocycles. The molecule has 2 atom stereocenters. The summed E-state index contributed by atoms with van der Waals surface area (Å²) in [6, 6.07) is 42.2. The van der Waals surface area contributed by atoms with E-state index in [9.17, 15) is 0 Å². The van der Waals surface area contributed by atoms with Crippen molar-refractivity contribution in [3.63, 3.8) is 0 Å². The summed E-state index contributed by atoms with van der Waals surface area (Å²) < 4.78 is 0. The molecule has 1 aliphatic carbocycles. The van der Waals surface area contributed by atoms with Crippen LogP contribution in [0.2, 0.25) is 0 Å². The monoisotopic (exact) mass is 620 g/mol. The topological polar surface area (TPSA) is 23.8 Å². The summed E-state index contributed by atoms with van der Waals surface area (Å²) >= 11 is 0. The van der Waals surface area contributed by atoms with Gasteiger partial charge in [0, 0.05) is 0 Å². The number of hydrogen-bond donors (Lipinski definition) is 0. The molecule has 4 aromatic rings. The quantitative estimate of drug-likeness (QED) is 0.160. The minimum absolute atomic E-state index is 0. The molecular formula is C37H44NSiZr. The molecule has 0 fully saturated rings. The second kappa shape index (κ2) is 20.3. The van der Waals surface area contributed by atoms with E-state index in [0.717, 1.165) is 6.42 Å². The maximum Gasteiger partial charge on any atom is 2.00 e. The summed E-state index contributed by atoms with van der Waals surface area (Å²) in [6.45, 7) is 12.6. The van der Waals surface area contributed by atoms with E-state index in [1.54, 1.807) is 0 Å². The van der Waals surface area contributed by atoms with Crippen molar-refractivity contribution < 1.29 is 26.2 Å². The van der Waals surface area contributed by atoms with Crippen LogP contribution in [0, 0.1) is 12.0 Å².